The lowest BCUT2D eigenvalue weighted by molar-refractivity contribution is -0.384. The van der Waals surface area contributed by atoms with Crippen LogP contribution < -0.4 is 4.90 Å². The van der Waals surface area contributed by atoms with Gasteiger partial charge in [0.25, 0.3) is 5.69 Å². The Bertz CT molecular complexity index is 494. The van der Waals surface area contributed by atoms with Gasteiger partial charge in [0.2, 0.25) is 5.91 Å². The third kappa shape index (κ3) is 2.30. The molecule has 5 nitrogen and oxygen atoms in total. The summed E-state index contributed by atoms with van der Waals surface area (Å²) in [6.45, 7) is 0.394. The van der Waals surface area contributed by atoms with Gasteiger partial charge in [-0.3, -0.25) is 14.9 Å². The molecular weight excluding hydrogens is 308 g/mol. The molecule has 1 heterocycles. The Hall–Kier alpha value is -1.08. The molecule has 1 atom stereocenters. The van der Waals surface area contributed by atoms with Gasteiger partial charge in [-0.05, 0) is 22.0 Å². The van der Waals surface area contributed by atoms with Crippen molar-refractivity contribution in [3.8, 4) is 0 Å². The number of nitrogens with zero attached hydrogens (tertiary/aromatic N) is 2. The molecule has 1 fully saturated rings. The summed E-state index contributed by atoms with van der Waals surface area (Å²) in [4.78, 5) is 23.6. The summed E-state index contributed by atoms with van der Waals surface area (Å²) in [6, 6.07) is 4.64. The third-order valence-electron chi connectivity index (χ3n) is 2.54. The topological polar surface area (TPSA) is 63.5 Å². The molecule has 1 aliphatic rings. The van der Waals surface area contributed by atoms with Crippen molar-refractivity contribution in [2.75, 3.05) is 11.4 Å². The van der Waals surface area contributed by atoms with Gasteiger partial charge >= 0.3 is 0 Å². The summed E-state index contributed by atoms with van der Waals surface area (Å²) in [6.07, 6.45) is 0.307. The lowest BCUT2D eigenvalue weighted by Gasteiger charge is -2.17. The predicted octanol–water partition coefficient (Wildman–Crippen LogP) is 2.39. The van der Waals surface area contributed by atoms with E-state index >= 15 is 0 Å². The van der Waals surface area contributed by atoms with Gasteiger partial charge in [-0.1, -0.05) is 6.07 Å². The number of amides is 1. The second-order valence-electron chi connectivity index (χ2n) is 3.73. The van der Waals surface area contributed by atoms with Crippen LogP contribution in [0.4, 0.5) is 11.4 Å². The standard InChI is InChI=1S/C10H9BrN2O3S/c11-7-2-1-3-8(13(15)16)10(7)12-5-6(17)4-9(12)14/h1-3,6,17H,4-5H2. The van der Waals surface area contributed by atoms with E-state index in [2.05, 4.69) is 28.6 Å². The molecule has 2 rings (SSSR count). The smallest absolute Gasteiger partial charge is 0.294 e. The van der Waals surface area contributed by atoms with Crippen molar-refractivity contribution in [3.63, 3.8) is 0 Å². The van der Waals surface area contributed by atoms with Crippen LogP contribution in [0, 0.1) is 10.1 Å². The summed E-state index contributed by atoms with van der Waals surface area (Å²) in [5.41, 5.74) is 0.245. The molecule has 0 radical (unpaired) electrons. The zero-order chi connectivity index (χ0) is 12.6. The summed E-state index contributed by atoms with van der Waals surface area (Å²) < 4.78 is 0.544. The minimum atomic E-state index is -0.487. The molecular formula is C10H9BrN2O3S. The normalized spacial score (nSPS) is 19.8. The third-order valence-corrected chi connectivity index (χ3v) is 3.52. The highest BCUT2D eigenvalue weighted by Crippen LogP contribution is 2.38. The number of thiol groups is 1. The lowest BCUT2D eigenvalue weighted by Crippen LogP contribution is -2.25. The molecule has 0 spiro atoms. The largest absolute Gasteiger partial charge is 0.304 e. The zero-order valence-corrected chi connectivity index (χ0v) is 11.1. The number of hydrogen-bond acceptors (Lipinski definition) is 4. The van der Waals surface area contributed by atoms with E-state index < -0.39 is 4.92 Å². The van der Waals surface area contributed by atoms with Gasteiger partial charge in [-0.25, -0.2) is 0 Å². The maximum Gasteiger partial charge on any atom is 0.294 e. The number of nitro benzene ring substituents is 1. The number of carbonyl (C=O) groups excluding carboxylic acids is 1. The average Bonchev–Trinajstić information content (AvgIpc) is 2.57. The number of nitro groups is 1. The van der Waals surface area contributed by atoms with Crippen molar-refractivity contribution in [2.45, 2.75) is 11.7 Å². The quantitative estimate of drug-likeness (QED) is 0.517. The Morgan fingerprint density at radius 3 is 2.76 bits per heavy atom. The molecule has 1 aromatic carbocycles. The van der Waals surface area contributed by atoms with E-state index in [1.807, 2.05) is 0 Å². The average molecular weight is 317 g/mol. The van der Waals surface area contributed by atoms with Gasteiger partial charge < -0.3 is 4.90 Å². The van der Waals surface area contributed by atoms with Crippen molar-refractivity contribution in [1.29, 1.82) is 0 Å². The van der Waals surface area contributed by atoms with Gasteiger partial charge in [0.15, 0.2) is 0 Å². The van der Waals surface area contributed by atoms with E-state index in [-0.39, 0.29) is 16.8 Å². The summed E-state index contributed by atoms with van der Waals surface area (Å²) >= 11 is 7.48. The molecule has 1 aromatic rings. The Morgan fingerprint density at radius 2 is 2.24 bits per heavy atom. The minimum absolute atomic E-state index is 0.0739. The van der Waals surface area contributed by atoms with E-state index in [1.54, 1.807) is 12.1 Å². The maximum absolute atomic E-state index is 11.7. The first-order valence-corrected chi connectivity index (χ1v) is 6.23. The molecule has 0 aromatic heterocycles. The maximum atomic E-state index is 11.7. The van der Waals surface area contributed by atoms with Gasteiger partial charge in [-0.2, -0.15) is 12.6 Å². The first-order chi connectivity index (χ1) is 8.00. The molecule has 1 aliphatic heterocycles. The van der Waals surface area contributed by atoms with E-state index in [1.165, 1.54) is 11.0 Å². The number of rotatable bonds is 2. The van der Waals surface area contributed by atoms with E-state index in [0.717, 1.165) is 0 Å². The fourth-order valence-corrected chi connectivity index (χ4v) is 2.71. The SMILES string of the molecule is O=C1CC(S)CN1c1c(Br)cccc1[N+](=O)[O-]. The van der Waals surface area contributed by atoms with Crippen LogP contribution in [0.1, 0.15) is 6.42 Å². The van der Waals surface area contributed by atoms with Crippen molar-refractivity contribution < 1.29 is 9.72 Å². The van der Waals surface area contributed by atoms with Crippen LogP contribution in [0.3, 0.4) is 0 Å². The molecule has 7 heteroatoms. The monoisotopic (exact) mass is 316 g/mol. The van der Waals surface area contributed by atoms with Crippen LogP contribution in [0.5, 0.6) is 0 Å². The van der Waals surface area contributed by atoms with Crippen LogP contribution in [0.2, 0.25) is 0 Å². The first kappa shape index (κ1) is 12.4. The Balaban J connectivity index is 2.51. The van der Waals surface area contributed by atoms with Crippen molar-refractivity contribution in [1.82, 2.24) is 0 Å². The van der Waals surface area contributed by atoms with Gasteiger partial charge in [0, 0.05) is 28.8 Å². The summed E-state index contributed by atoms with van der Waals surface area (Å²) in [7, 11) is 0. The van der Waals surface area contributed by atoms with Crippen LogP contribution in [-0.2, 0) is 4.79 Å². The predicted molar refractivity (Wildman–Crippen MR) is 70.5 cm³/mol. The van der Waals surface area contributed by atoms with Gasteiger partial charge in [0.05, 0.1) is 4.92 Å². The molecule has 0 saturated carbocycles. The number of para-hydroxylation sites is 1. The van der Waals surface area contributed by atoms with Crippen LogP contribution >= 0.6 is 28.6 Å². The van der Waals surface area contributed by atoms with Crippen molar-refractivity contribution in [3.05, 3.63) is 32.8 Å². The molecule has 90 valence electrons. The highest BCUT2D eigenvalue weighted by Gasteiger charge is 2.33. The molecule has 0 aliphatic carbocycles. The Morgan fingerprint density at radius 1 is 1.53 bits per heavy atom. The molecule has 0 bridgehead atoms. The molecule has 1 amide bonds. The van der Waals surface area contributed by atoms with E-state index in [0.29, 0.717) is 23.1 Å². The number of benzene rings is 1. The molecule has 0 N–H and O–H groups in total. The van der Waals surface area contributed by atoms with Crippen molar-refractivity contribution in [2.24, 2.45) is 0 Å². The highest BCUT2D eigenvalue weighted by molar-refractivity contribution is 9.10. The second kappa shape index (κ2) is 4.66. The number of anilines is 1. The Kier molecular flexibility index (Phi) is 3.39. The first-order valence-electron chi connectivity index (χ1n) is 4.92. The molecule has 1 saturated heterocycles. The van der Waals surface area contributed by atoms with Crippen molar-refractivity contribution >= 4 is 45.8 Å². The molecule has 17 heavy (non-hydrogen) atoms. The van der Waals surface area contributed by atoms with Gasteiger partial charge in [0.1, 0.15) is 5.69 Å². The van der Waals surface area contributed by atoms with E-state index in [4.69, 9.17) is 0 Å². The van der Waals surface area contributed by atoms with E-state index in [9.17, 15) is 14.9 Å². The zero-order valence-electron chi connectivity index (χ0n) is 8.67. The lowest BCUT2D eigenvalue weighted by atomic mass is 10.2. The number of hydrogen-bond donors (Lipinski definition) is 1. The van der Waals surface area contributed by atoms with Crippen LogP contribution in [-0.4, -0.2) is 22.6 Å². The second-order valence-corrected chi connectivity index (χ2v) is 5.31. The minimum Gasteiger partial charge on any atom is -0.304 e. The fourth-order valence-electron chi connectivity index (χ4n) is 1.82. The summed E-state index contributed by atoms with van der Waals surface area (Å²) in [5.74, 6) is -0.139. The Labute approximate surface area is 111 Å². The highest BCUT2D eigenvalue weighted by atomic mass is 79.9. The fraction of sp³-hybridized carbons (Fsp3) is 0.300. The van der Waals surface area contributed by atoms with Gasteiger partial charge in [-0.15, -0.1) is 0 Å². The van der Waals surface area contributed by atoms with Crippen LogP contribution in [0.15, 0.2) is 22.7 Å². The molecule has 1 unspecified atom stereocenters. The number of halogens is 1. The summed E-state index contributed by atoms with van der Waals surface area (Å²) in [5, 5.41) is 10.9. The van der Waals surface area contributed by atoms with Crippen LogP contribution in [0.25, 0.3) is 0 Å². The number of carbonyl (C=O) groups is 1.